The van der Waals surface area contributed by atoms with E-state index in [-0.39, 0.29) is 18.7 Å². The number of anilines is 1. The van der Waals surface area contributed by atoms with Crippen LogP contribution in [0.4, 0.5) is 5.69 Å². The maximum absolute atomic E-state index is 12.9. The van der Waals surface area contributed by atoms with Gasteiger partial charge in [0.2, 0.25) is 0 Å². The van der Waals surface area contributed by atoms with Gasteiger partial charge in [-0.1, -0.05) is 95.8 Å². The summed E-state index contributed by atoms with van der Waals surface area (Å²) in [6.07, 6.45) is 21.8. The number of carboxylic acid groups (broad SMARTS) is 1. The molecule has 2 atom stereocenters. The van der Waals surface area contributed by atoms with Crippen LogP contribution in [-0.4, -0.2) is 28.8 Å². The van der Waals surface area contributed by atoms with Crippen LogP contribution in [-0.2, 0) is 23.3 Å². The third-order valence-electron chi connectivity index (χ3n) is 9.35. The highest BCUT2D eigenvalue weighted by Gasteiger charge is 2.32. The minimum absolute atomic E-state index is 0.106. The second kappa shape index (κ2) is 14.9. The van der Waals surface area contributed by atoms with E-state index in [1.807, 2.05) is 0 Å². The number of rotatable bonds is 5. The van der Waals surface area contributed by atoms with Crippen molar-refractivity contribution >= 4 is 33.2 Å². The molecule has 228 valence electrons. The van der Waals surface area contributed by atoms with Crippen molar-refractivity contribution in [1.29, 1.82) is 0 Å². The molecule has 3 aliphatic rings. The highest BCUT2D eigenvalue weighted by atomic mass is 32.2. The first-order chi connectivity index (χ1) is 20.4. The number of nitrogens with zero attached hydrogens (tertiary/aromatic N) is 2. The summed E-state index contributed by atoms with van der Waals surface area (Å²) in [6.45, 7) is 0.477. The molecule has 0 amide bonds. The average molecular weight is 612 g/mol. The van der Waals surface area contributed by atoms with Gasteiger partial charge in [0.25, 0.3) is 0 Å². The molecular weight excluding hydrogens is 567 g/mol. The first-order valence-electron chi connectivity index (χ1n) is 16.0. The van der Waals surface area contributed by atoms with Crippen LogP contribution in [0.5, 0.6) is 0 Å². The van der Waals surface area contributed by atoms with E-state index in [2.05, 4.69) is 21.5 Å². The fourth-order valence-electron chi connectivity index (χ4n) is 6.94. The van der Waals surface area contributed by atoms with E-state index in [0.717, 1.165) is 27.4 Å². The Morgan fingerprint density at radius 1 is 0.833 bits per heavy atom. The van der Waals surface area contributed by atoms with E-state index in [1.165, 1.54) is 143 Å². The zero-order valence-electron chi connectivity index (χ0n) is 24.7. The number of carbonyl (C=O) groups is 1. The Morgan fingerprint density at radius 2 is 1.40 bits per heavy atom. The minimum atomic E-state index is -3.79. The van der Waals surface area contributed by atoms with Gasteiger partial charge in [0.05, 0.1) is 24.3 Å². The lowest BCUT2D eigenvalue weighted by Gasteiger charge is -2.28. The number of hydrogen-bond donors (Lipinski definition) is 2. The van der Waals surface area contributed by atoms with Crippen LogP contribution in [0.3, 0.4) is 0 Å². The molecule has 9 heteroatoms. The Morgan fingerprint density at radius 3 is 2.05 bits per heavy atom. The molecule has 2 unspecified atom stereocenters. The van der Waals surface area contributed by atoms with E-state index >= 15 is 0 Å². The standard InChI is InChI=1S/C33H45N3O4S2/c37-33(38)28-18-20-29(21-19-28)35-42(39,40)36-23-30-31(24-36)41-32(34-30)22-17-25-11-8-9-15-27(16-10-12-25)26-13-6-4-2-1-3-5-7-14-26/h18-21,25-27,35H,1-16,23-24H2,(H,37,38). The van der Waals surface area contributed by atoms with Crippen molar-refractivity contribution in [2.24, 2.45) is 17.8 Å². The lowest BCUT2D eigenvalue weighted by atomic mass is 9.78. The molecule has 0 radical (unpaired) electrons. The number of nitrogens with one attached hydrogen (secondary N) is 1. The number of carboxylic acids is 1. The van der Waals surface area contributed by atoms with Gasteiger partial charge < -0.3 is 5.11 Å². The fourth-order valence-corrected chi connectivity index (χ4v) is 9.12. The Hall–Kier alpha value is -2.41. The number of aromatic carboxylic acids is 1. The summed E-state index contributed by atoms with van der Waals surface area (Å²) in [4.78, 5) is 16.7. The van der Waals surface area contributed by atoms with Gasteiger partial charge in [-0.15, -0.1) is 11.3 Å². The Labute approximate surface area is 255 Å². The molecule has 0 bridgehead atoms. The molecule has 2 heterocycles. The van der Waals surface area contributed by atoms with Gasteiger partial charge in [-0.05, 0) is 54.9 Å². The van der Waals surface area contributed by atoms with Crippen LogP contribution in [0.25, 0.3) is 0 Å². The molecule has 2 N–H and O–H groups in total. The van der Waals surface area contributed by atoms with E-state index in [4.69, 9.17) is 5.11 Å². The quantitative estimate of drug-likeness (QED) is 0.334. The van der Waals surface area contributed by atoms with Crippen molar-refractivity contribution in [3.63, 3.8) is 0 Å². The molecule has 7 nitrogen and oxygen atoms in total. The smallest absolute Gasteiger partial charge is 0.335 e. The summed E-state index contributed by atoms with van der Waals surface area (Å²) in [7, 11) is -3.79. The van der Waals surface area contributed by atoms with Gasteiger partial charge in [-0.2, -0.15) is 12.7 Å². The summed E-state index contributed by atoms with van der Waals surface area (Å²) in [5, 5.41) is 9.83. The predicted octanol–water partition coefficient (Wildman–Crippen LogP) is 7.98. The van der Waals surface area contributed by atoms with Crippen molar-refractivity contribution in [2.45, 2.75) is 116 Å². The van der Waals surface area contributed by atoms with Gasteiger partial charge >= 0.3 is 16.2 Å². The third kappa shape index (κ3) is 8.58. The van der Waals surface area contributed by atoms with Gasteiger partial charge in [-0.25, -0.2) is 9.78 Å². The van der Waals surface area contributed by atoms with E-state index in [1.54, 1.807) is 0 Å². The summed E-state index contributed by atoms with van der Waals surface area (Å²) in [5.41, 5.74) is 1.21. The lowest BCUT2D eigenvalue weighted by molar-refractivity contribution is 0.0697. The zero-order chi connectivity index (χ0) is 29.4. The van der Waals surface area contributed by atoms with Crippen molar-refractivity contribution in [2.75, 3.05) is 4.72 Å². The number of benzene rings is 1. The van der Waals surface area contributed by atoms with Gasteiger partial charge in [0.15, 0.2) is 5.01 Å². The van der Waals surface area contributed by atoms with Gasteiger partial charge in [-0.3, -0.25) is 4.72 Å². The molecule has 2 saturated carbocycles. The van der Waals surface area contributed by atoms with Crippen molar-refractivity contribution in [3.05, 3.63) is 45.4 Å². The molecule has 42 heavy (non-hydrogen) atoms. The van der Waals surface area contributed by atoms with Crippen LogP contribution >= 0.6 is 11.3 Å². The number of fused-ring (bicyclic) bond motifs is 1. The maximum atomic E-state index is 12.9. The van der Waals surface area contributed by atoms with Gasteiger partial charge in [0, 0.05) is 16.5 Å². The summed E-state index contributed by atoms with van der Waals surface area (Å²) in [5.74, 6) is 8.09. The van der Waals surface area contributed by atoms with E-state index in [9.17, 15) is 13.2 Å². The number of thiazole rings is 1. The SMILES string of the molecule is O=C(O)c1ccc(NS(=O)(=O)N2Cc3nc(C#CC4CCCCC(C5CCCCCCCCC5)CCC4)sc3C2)cc1. The zero-order valence-corrected chi connectivity index (χ0v) is 26.3. The van der Waals surface area contributed by atoms with Crippen LogP contribution in [0, 0.1) is 29.6 Å². The Balaban J connectivity index is 1.13. The molecule has 1 aromatic heterocycles. The van der Waals surface area contributed by atoms with E-state index in [0.29, 0.717) is 11.6 Å². The second-order valence-corrected chi connectivity index (χ2v) is 15.2. The Kier molecular flexibility index (Phi) is 11.0. The van der Waals surface area contributed by atoms with E-state index < -0.39 is 16.2 Å². The third-order valence-corrected chi connectivity index (χ3v) is 11.8. The first-order valence-corrected chi connectivity index (χ1v) is 18.2. The first kappa shape index (κ1) is 31.0. The number of aromatic nitrogens is 1. The molecular formula is C33H45N3O4S2. The van der Waals surface area contributed by atoms with Gasteiger partial charge in [0.1, 0.15) is 0 Å². The molecule has 2 fully saturated rings. The molecule has 0 spiro atoms. The summed E-state index contributed by atoms with van der Waals surface area (Å²) >= 11 is 1.50. The topological polar surface area (TPSA) is 99.6 Å². The second-order valence-electron chi connectivity index (χ2n) is 12.4. The lowest BCUT2D eigenvalue weighted by Crippen LogP contribution is -2.31. The van der Waals surface area contributed by atoms with Crippen LogP contribution in [0.15, 0.2) is 24.3 Å². The molecule has 2 aliphatic carbocycles. The minimum Gasteiger partial charge on any atom is -0.478 e. The monoisotopic (exact) mass is 611 g/mol. The Bertz CT molecular complexity index is 1330. The largest absolute Gasteiger partial charge is 0.478 e. The highest BCUT2D eigenvalue weighted by Crippen LogP contribution is 2.36. The summed E-state index contributed by atoms with van der Waals surface area (Å²) < 4.78 is 29.7. The molecule has 0 saturated heterocycles. The van der Waals surface area contributed by atoms with Crippen molar-refractivity contribution < 1.29 is 18.3 Å². The molecule has 2 aromatic rings. The van der Waals surface area contributed by atoms with Crippen molar-refractivity contribution in [1.82, 2.24) is 9.29 Å². The average Bonchev–Trinajstić information content (AvgIpc) is 3.58. The van der Waals surface area contributed by atoms with Crippen LogP contribution in [0.1, 0.15) is 129 Å². The van der Waals surface area contributed by atoms with Crippen LogP contribution in [0.2, 0.25) is 0 Å². The molecule has 5 rings (SSSR count). The highest BCUT2D eigenvalue weighted by molar-refractivity contribution is 7.90. The number of hydrogen-bond acceptors (Lipinski definition) is 5. The van der Waals surface area contributed by atoms with Crippen molar-refractivity contribution in [3.8, 4) is 11.8 Å². The molecule has 1 aliphatic heterocycles. The van der Waals surface area contributed by atoms with Crippen LogP contribution < -0.4 is 4.72 Å². The maximum Gasteiger partial charge on any atom is 0.335 e. The predicted molar refractivity (Wildman–Crippen MR) is 169 cm³/mol. The normalized spacial score (nSPS) is 23.4. The molecule has 1 aromatic carbocycles. The summed E-state index contributed by atoms with van der Waals surface area (Å²) in [6, 6.07) is 5.67. The fraction of sp³-hybridized carbons (Fsp3) is 0.636.